The minimum absolute atomic E-state index is 0.00343. The Labute approximate surface area is 143 Å². The second kappa shape index (κ2) is 8.33. The van der Waals surface area contributed by atoms with Crippen molar-refractivity contribution in [1.82, 2.24) is 4.90 Å². The highest BCUT2D eigenvalue weighted by Crippen LogP contribution is 2.16. The molecule has 120 valence electrons. The van der Waals surface area contributed by atoms with Crippen LogP contribution >= 0.6 is 22.6 Å². The van der Waals surface area contributed by atoms with Crippen LogP contribution in [0.3, 0.4) is 0 Å². The fourth-order valence-electron chi connectivity index (χ4n) is 2.38. The summed E-state index contributed by atoms with van der Waals surface area (Å²) in [5.74, 6) is 0.00343. The van der Waals surface area contributed by atoms with Crippen molar-refractivity contribution < 1.29 is 19.2 Å². The molecule has 0 aliphatic carbocycles. The Hall–Kier alpha value is -1.35. The molecular weight excluding hydrogens is 397 g/mol. The molecule has 1 aliphatic heterocycles. The van der Waals surface area contributed by atoms with Crippen molar-refractivity contribution >= 4 is 40.3 Å². The number of amides is 2. The molecule has 1 heterocycles. The van der Waals surface area contributed by atoms with Crippen molar-refractivity contribution in [3.63, 3.8) is 0 Å². The number of piperazine rings is 1. The number of hydrogen-bond acceptors (Lipinski definition) is 3. The lowest BCUT2D eigenvalue weighted by Crippen LogP contribution is -3.15. The standard InChI is InChI=1S/C15H20IN3O3/c1-2-22-15(21)19-9-7-18(8-10-19)11-14(20)17-13-6-4-3-5-12(13)16/h3-6H,2,7-11H2,1H3,(H,17,20)/p+1. The Morgan fingerprint density at radius 2 is 2.00 bits per heavy atom. The molecule has 0 aromatic heterocycles. The Kier molecular flexibility index (Phi) is 6.44. The van der Waals surface area contributed by atoms with E-state index in [1.165, 1.54) is 4.90 Å². The van der Waals surface area contributed by atoms with Gasteiger partial charge in [0.2, 0.25) is 0 Å². The number of para-hydroxylation sites is 1. The Balaban J connectivity index is 1.77. The van der Waals surface area contributed by atoms with E-state index in [-0.39, 0.29) is 12.0 Å². The molecular formula is C15H21IN3O3+. The van der Waals surface area contributed by atoms with E-state index in [2.05, 4.69) is 27.9 Å². The predicted octanol–water partition coefficient (Wildman–Crippen LogP) is 0.587. The third-order valence-corrected chi connectivity index (χ3v) is 4.50. The third kappa shape index (κ3) is 4.84. The number of anilines is 1. The quantitative estimate of drug-likeness (QED) is 0.704. The van der Waals surface area contributed by atoms with Crippen molar-refractivity contribution in [3.05, 3.63) is 27.8 Å². The van der Waals surface area contributed by atoms with E-state index in [4.69, 9.17) is 4.74 Å². The molecule has 0 atom stereocenters. The first-order chi connectivity index (χ1) is 10.6. The normalized spacial score (nSPS) is 15.5. The molecule has 1 aromatic carbocycles. The second-order valence-corrected chi connectivity index (χ2v) is 6.30. The monoisotopic (exact) mass is 418 g/mol. The van der Waals surface area contributed by atoms with E-state index in [0.29, 0.717) is 26.2 Å². The molecule has 0 saturated carbocycles. The van der Waals surface area contributed by atoms with Crippen molar-refractivity contribution in [2.75, 3.05) is 44.6 Å². The van der Waals surface area contributed by atoms with Crippen LogP contribution in [0.2, 0.25) is 0 Å². The van der Waals surface area contributed by atoms with Gasteiger partial charge in [-0.1, -0.05) is 12.1 Å². The minimum atomic E-state index is -0.259. The number of carbonyl (C=O) groups excluding carboxylic acids is 2. The van der Waals surface area contributed by atoms with Gasteiger partial charge >= 0.3 is 6.09 Å². The molecule has 0 bridgehead atoms. The van der Waals surface area contributed by atoms with Crippen LogP contribution in [0.1, 0.15) is 6.92 Å². The zero-order valence-electron chi connectivity index (χ0n) is 12.6. The summed E-state index contributed by atoms with van der Waals surface area (Å²) >= 11 is 2.20. The van der Waals surface area contributed by atoms with Crippen LogP contribution in [-0.4, -0.2) is 56.2 Å². The van der Waals surface area contributed by atoms with E-state index in [1.807, 2.05) is 24.3 Å². The van der Waals surface area contributed by atoms with Gasteiger partial charge in [0.1, 0.15) is 0 Å². The van der Waals surface area contributed by atoms with Crippen LogP contribution in [0.25, 0.3) is 0 Å². The van der Waals surface area contributed by atoms with Gasteiger partial charge in [0.15, 0.2) is 6.54 Å². The highest BCUT2D eigenvalue weighted by atomic mass is 127. The van der Waals surface area contributed by atoms with E-state index >= 15 is 0 Å². The molecule has 7 heteroatoms. The van der Waals surface area contributed by atoms with Crippen LogP contribution in [0.15, 0.2) is 24.3 Å². The number of ether oxygens (including phenoxy) is 1. The fraction of sp³-hybridized carbons (Fsp3) is 0.467. The molecule has 1 aliphatic rings. The predicted molar refractivity (Wildman–Crippen MR) is 91.9 cm³/mol. The molecule has 2 N–H and O–H groups in total. The van der Waals surface area contributed by atoms with Crippen LogP contribution in [0.5, 0.6) is 0 Å². The summed E-state index contributed by atoms with van der Waals surface area (Å²) in [6.07, 6.45) is -0.259. The lowest BCUT2D eigenvalue weighted by Gasteiger charge is -2.31. The number of quaternary nitrogens is 1. The lowest BCUT2D eigenvalue weighted by atomic mass is 10.3. The van der Waals surface area contributed by atoms with Gasteiger partial charge in [0.05, 0.1) is 38.5 Å². The van der Waals surface area contributed by atoms with E-state index in [1.54, 1.807) is 11.8 Å². The average molecular weight is 418 g/mol. The van der Waals surface area contributed by atoms with Gasteiger partial charge in [0, 0.05) is 3.57 Å². The molecule has 22 heavy (non-hydrogen) atoms. The maximum absolute atomic E-state index is 12.1. The Bertz CT molecular complexity index is 531. The Morgan fingerprint density at radius 1 is 1.32 bits per heavy atom. The highest BCUT2D eigenvalue weighted by Gasteiger charge is 2.25. The molecule has 0 unspecified atom stereocenters. The van der Waals surface area contributed by atoms with E-state index < -0.39 is 0 Å². The summed E-state index contributed by atoms with van der Waals surface area (Å²) in [4.78, 5) is 26.6. The number of rotatable bonds is 4. The van der Waals surface area contributed by atoms with Gasteiger partial charge in [0.25, 0.3) is 5.91 Å². The van der Waals surface area contributed by atoms with Crippen molar-refractivity contribution in [3.8, 4) is 0 Å². The summed E-state index contributed by atoms with van der Waals surface area (Å²) in [5, 5.41) is 2.94. The summed E-state index contributed by atoms with van der Waals surface area (Å²) in [5.41, 5.74) is 0.845. The maximum atomic E-state index is 12.1. The smallest absolute Gasteiger partial charge is 0.410 e. The number of halogens is 1. The second-order valence-electron chi connectivity index (χ2n) is 5.14. The number of nitrogens with one attached hydrogen (secondary N) is 2. The van der Waals surface area contributed by atoms with Gasteiger partial charge in [-0.3, -0.25) is 9.69 Å². The molecule has 1 fully saturated rings. The van der Waals surface area contributed by atoms with Crippen LogP contribution in [0.4, 0.5) is 10.5 Å². The van der Waals surface area contributed by atoms with E-state index in [9.17, 15) is 9.59 Å². The van der Waals surface area contributed by atoms with Gasteiger partial charge in [-0.05, 0) is 41.6 Å². The largest absolute Gasteiger partial charge is 0.450 e. The number of benzene rings is 1. The SMILES string of the molecule is CCOC(=O)N1CC[NH+](CC(=O)Nc2ccccc2I)CC1. The Morgan fingerprint density at radius 3 is 2.64 bits per heavy atom. The molecule has 6 nitrogen and oxygen atoms in total. The van der Waals surface area contributed by atoms with Crippen molar-refractivity contribution in [1.29, 1.82) is 0 Å². The van der Waals surface area contributed by atoms with Crippen LogP contribution < -0.4 is 10.2 Å². The fourth-order valence-corrected chi connectivity index (χ4v) is 2.90. The average Bonchev–Trinajstić information content (AvgIpc) is 2.50. The van der Waals surface area contributed by atoms with Gasteiger partial charge < -0.3 is 15.0 Å². The third-order valence-electron chi connectivity index (χ3n) is 3.56. The highest BCUT2D eigenvalue weighted by molar-refractivity contribution is 14.1. The van der Waals surface area contributed by atoms with Gasteiger partial charge in [-0.25, -0.2) is 4.79 Å². The topological polar surface area (TPSA) is 63.1 Å². The number of carbonyl (C=O) groups is 2. The minimum Gasteiger partial charge on any atom is -0.450 e. The van der Waals surface area contributed by atoms with Crippen LogP contribution in [-0.2, 0) is 9.53 Å². The molecule has 2 amide bonds. The van der Waals surface area contributed by atoms with Crippen molar-refractivity contribution in [2.24, 2.45) is 0 Å². The van der Waals surface area contributed by atoms with Crippen LogP contribution in [0, 0.1) is 3.57 Å². The van der Waals surface area contributed by atoms with E-state index in [0.717, 1.165) is 22.3 Å². The first-order valence-corrected chi connectivity index (χ1v) is 8.47. The maximum Gasteiger partial charge on any atom is 0.410 e. The number of nitrogens with zero attached hydrogens (tertiary/aromatic N) is 1. The summed E-state index contributed by atoms with van der Waals surface area (Å²) in [6, 6.07) is 7.70. The molecule has 1 aromatic rings. The molecule has 1 saturated heterocycles. The molecule has 0 spiro atoms. The number of hydrogen-bond donors (Lipinski definition) is 2. The zero-order chi connectivity index (χ0) is 15.9. The first-order valence-electron chi connectivity index (χ1n) is 7.39. The molecule has 0 radical (unpaired) electrons. The summed E-state index contributed by atoms with van der Waals surface area (Å²) < 4.78 is 6.01. The summed E-state index contributed by atoms with van der Waals surface area (Å²) in [7, 11) is 0. The molecule has 2 rings (SSSR count). The van der Waals surface area contributed by atoms with Gasteiger partial charge in [-0.2, -0.15) is 0 Å². The van der Waals surface area contributed by atoms with Gasteiger partial charge in [-0.15, -0.1) is 0 Å². The first kappa shape index (κ1) is 17.0. The lowest BCUT2D eigenvalue weighted by molar-refractivity contribution is -0.895. The summed E-state index contributed by atoms with van der Waals surface area (Å²) in [6.45, 7) is 5.39. The van der Waals surface area contributed by atoms with Crippen molar-refractivity contribution in [2.45, 2.75) is 6.92 Å². The zero-order valence-corrected chi connectivity index (χ0v) is 14.8.